The van der Waals surface area contributed by atoms with Gasteiger partial charge in [-0.05, 0) is 18.3 Å². The molecule has 0 aliphatic heterocycles. The number of nitrogens with zero attached hydrogens (tertiary/aromatic N) is 2. The number of unbranched alkanes of at least 4 members (excludes halogenated alkanes) is 1. The number of aromatic nitrogens is 2. The molecule has 5 heteroatoms. The Morgan fingerprint density at radius 3 is 2.68 bits per heavy atom. The zero-order chi connectivity index (χ0) is 14.5. The van der Waals surface area contributed by atoms with Crippen LogP contribution >= 0.6 is 11.6 Å². The normalized spacial score (nSPS) is 11.6. The van der Waals surface area contributed by atoms with E-state index < -0.39 is 0 Å². The molecule has 0 aromatic carbocycles. The molecule has 0 radical (unpaired) electrons. The first-order valence-corrected chi connectivity index (χ1v) is 7.22. The van der Waals surface area contributed by atoms with Gasteiger partial charge >= 0.3 is 0 Å². The van der Waals surface area contributed by atoms with E-state index in [1.54, 1.807) is 6.20 Å². The maximum atomic E-state index is 12.0. The van der Waals surface area contributed by atoms with Gasteiger partial charge in [0.1, 0.15) is 5.02 Å². The molecule has 4 nitrogen and oxygen atoms in total. The summed E-state index contributed by atoms with van der Waals surface area (Å²) in [4.78, 5) is 12.0. The molecule has 0 saturated heterocycles. The largest absolute Gasteiger partial charge is 0.382 e. The summed E-state index contributed by atoms with van der Waals surface area (Å²) in [6.07, 6.45) is 4.60. The van der Waals surface area contributed by atoms with Crippen LogP contribution < -0.4 is 10.9 Å². The van der Waals surface area contributed by atoms with Crippen molar-refractivity contribution in [3.05, 3.63) is 21.6 Å². The highest BCUT2D eigenvalue weighted by Gasteiger charge is 2.12. The highest BCUT2D eigenvalue weighted by Crippen LogP contribution is 2.20. The second-order valence-corrected chi connectivity index (χ2v) is 6.37. The van der Waals surface area contributed by atoms with Gasteiger partial charge in [-0.25, -0.2) is 4.68 Å². The van der Waals surface area contributed by atoms with Gasteiger partial charge in [0.05, 0.1) is 11.9 Å². The van der Waals surface area contributed by atoms with Crippen molar-refractivity contribution in [1.82, 2.24) is 9.78 Å². The van der Waals surface area contributed by atoms with E-state index in [9.17, 15) is 4.79 Å². The molecule has 1 aromatic rings. The van der Waals surface area contributed by atoms with Crippen LogP contribution in [-0.4, -0.2) is 16.3 Å². The highest BCUT2D eigenvalue weighted by molar-refractivity contribution is 6.32. The lowest BCUT2D eigenvalue weighted by Gasteiger charge is -2.18. The minimum absolute atomic E-state index is 0.212. The summed E-state index contributed by atoms with van der Waals surface area (Å²) in [6, 6.07) is 0. The van der Waals surface area contributed by atoms with Crippen molar-refractivity contribution < 1.29 is 0 Å². The molecule has 1 heterocycles. The van der Waals surface area contributed by atoms with Crippen molar-refractivity contribution in [3.8, 4) is 0 Å². The van der Waals surface area contributed by atoms with Crippen LogP contribution in [0.2, 0.25) is 5.02 Å². The second kappa shape index (κ2) is 6.94. The zero-order valence-corrected chi connectivity index (χ0v) is 13.0. The fourth-order valence-electron chi connectivity index (χ4n) is 1.63. The van der Waals surface area contributed by atoms with Crippen LogP contribution in [0.3, 0.4) is 0 Å². The first kappa shape index (κ1) is 16.0. The topological polar surface area (TPSA) is 46.9 Å². The molecule has 0 saturated carbocycles. The predicted molar refractivity (Wildman–Crippen MR) is 81.0 cm³/mol. The molecule has 1 N–H and O–H groups in total. The molecule has 0 spiro atoms. The third-order valence-corrected chi connectivity index (χ3v) is 3.26. The van der Waals surface area contributed by atoms with Crippen molar-refractivity contribution >= 4 is 17.3 Å². The Morgan fingerprint density at radius 2 is 2.11 bits per heavy atom. The van der Waals surface area contributed by atoms with E-state index in [0.29, 0.717) is 12.2 Å². The van der Waals surface area contributed by atoms with Crippen LogP contribution in [-0.2, 0) is 6.54 Å². The van der Waals surface area contributed by atoms with Crippen molar-refractivity contribution in [2.75, 3.05) is 11.9 Å². The van der Waals surface area contributed by atoms with Crippen molar-refractivity contribution in [3.63, 3.8) is 0 Å². The minimum atomic E-state index is -0.212. The number of halogens is 1. The van der Waals surface area contributed by atoms with Gasteiger partial charge in [-0.15, -0.1) is 0 Å². The molecule has 0 aliphatic rings. The first-order valence-electron chi connectivity index (χ1n) is 6.84. The third-order valence-electron chi connectivity index (χ3n) is 2.90. The van der Waals surface area contributed by atoms with E-state index in [2.05, 4.69) is 38.1 Å². The molecule has 0 bridgehead atoms. The van der Waals surface area contributed by atoms with Gasteiger partial charge in [-0.2, -0.15) is 5.10 Å². The minimum Gasteiger partial charge on any atom is -0.382 e. The average Bonchev–Trinajstić information content (AvgIpc) is 2.32. The molecule has 0 aliphatic carbocycles. The Labute approximate surface area is 120 Å². The van der Waals surface area contributed by atoms with E-state index >= 15 is 0 Å². The van der Waals surface area contributed by atoms with Gasteiger partial charge in [0.2, 0.25) is 0 Å². The van der Waals surface area contributed by atoms with Crippen LogP contribution in [0.4, 0.5) is 5.69 Å². The third kappa shape index (κ3) is 5.23. The van der Waals surface area contributed by atoms with Crippen molar-refractivity contribution in [2.45, 2.75) is 53.5 Å². The van der Waals surface area contributed by atoms with Gasteiger partial charge in [-0.1, -0.05) is 45.7 Å². The van der Waals surface area contributed by atoms with Gasteiger partial charge < -0.3 is 5.32 Å². The molecule has 0 unspecified atom stereocenters. The van der Waals surface area contributed by atoms with Crippen molar-refractivity contribution in [1.29, 1.82) is 0 Å². The Kier molecular flexibility index (Phi) is 5.85. The fourth-order valence-corrected chi connectivity index (χ4v) is 1.84. The van der Waals surface area contributed by atoms with Gasteiger partial charge in [0, 0.05) is 13.1 Å². The fraction of sp³-hybridized carbons (Fsp3) is 0.714. The molecule has 0 amide bonds. The molecular formula is C14H24ClN3O. The molecule has 1 aromatic heterocycles. The van der Waals surface area contributed by atoms with Crippen LogP contribution in [0, 0.1) is 5.41 Å². The summed E-state index contributed by atoms with van der Waals surface area (Å²) in [6.45, 7) is 10.0. The van der Waals surface area contributed by atoms with Crippen LogP contribution in [0.1, 0.15) is 47.0 Å². The maximum Gasteiger partial charge on any atom is 0.287 e. The number of nitrogens with one attached hydrogen (secondary N) is 1. The smallest absolute Gasteiger partial charge is 0.287 e. The van der Waals surface area contributed by atoms with E-state index in [-0.39, 0.29) is 16.0 Å². The van der Waals surface area contributed by atoms with E-state index in [0.717, 1.165) is 25.8 Å². The van der Waals surface area contributed by atoms with E-state index in [1.807, 2.05) is 0 Å². The van der Waals surface area contributed by atoms with Crippen molar-refractivity contribution in [2.24, 2.45) is 5.41 Å². The first-order chi connectivity index (χ1) is 8.85. The Bertz CT molecular complexity index is 463. The van der Waals surface area contributed by atoms with Gasteiger partial charge in [-0.3, -0.25) is 4.79 Å². The molecule has 19 heavy (non-hydrogen) atoms. The molecule has 0 fully saturated rings. The van der Waals surface area contributed by atoms with Crippen LogP contribution in [0.25, 0.3) is 0 Å². The summed E-state index contributed by atoms with van der Waals surface area (Å²) in [5.74, 6) is 0. The number of anilines is 1. The quantitative estimate of drug-likeness (QED) is 0.869. The average molecular weight is 286 g/mol. The zero-order valence-electron chi connectivity index (χ0n) is 12.3. The number of hydrogen-bond donors (Lipinski definition) is 1. The lowest BCUT2D eigenvalue weighted by atomic mass is 9.92. The summed E-state index contributed by atoms with van der Waals surface area (Å²) in [5.41, 5.74) is 0.669. The maximum absolute atomic E-state index is 12.0. The Morgan fingerprint density at radius 1 is 1.42 bits per heavy atom. The van der Waals surface area contributed by atoms with Crippen LogP contribution in [0.15, 0.2) is 11.0 Å². The number of hydrogen-bond acceptors (Lipinski definition) is 3. The lowest BCUT2D eigenvalue weighted by molar-refractivity contribution is 0.389. The molecular weight excluding hydrogens is 262 g/mol. The standard InChI is InChI=1S/C14H24ClN3O/c1-5-6-9-18-13(19)12(15)11(10-17-18)16-8-7-14(2,3)4/h10,16H,5-9H2,1-4H3. The Hall–Kier alpha value is -1.03. The SMILES string of the molecule is CCCCn1ncc(NCCC(C)(C)C)c(Cl)c1=O. The van der Waals surface area contributed by atoms with Gasteiger partial charge in [0.15, 0.2) is 0 Å². The Balaban J connectivity index is 2.71. The van der Waals surface area contributed by atoms with Crippen LogP contribution in [0.5, 0.6) is 0 Å². The summed E-state index contributed by atoms with van der Waals surface area (Å²) in [7, 11) is 0. The summed E-state index contributed by atoms with van der Waals surface area (Å²) >= 11 is 6.09. The predicted octanol–water partition coefficient (Wildman–Crippen LogP) is 3.54. The monoisotopic (exact) mass is 285 g/mol. The lowest BCUT2D eigenvalue weighted by Crippen LogP contribution is -2.24. The molecule has 0 atom stereocenters. The summed E-state index contributed by atoms with van der Waals surface area (Å²) < 4.78 is 1.43. The second-order valence-electron chi connectivity index (χ2n) is 5.99. The van der Waals surface area contributed by atoms with Gasteiger partial charge in [0.25, 0.3) is 5.56 Å². The molecule has 108 valence electrons. The summed E-state index contributed by atoms with van der Waals surface area (Å²) in [5, 5.41) is 7.57. The number of aryl methyl sites for hydroxylation is 1. The van der Waals surface area contributed by atoms with E-state index in [1.165, 1.54) is 4.68 Å². The number of rotatable bonds is 6. The highest BCUT2D eigenvalue weighted by atomic mass is 35.5. The van der Waals surface area contributed by atoms with E-state index in [4.69, 9.17) is 11.6 Å². The molecule has 1 rings (SSSR count).